The monoisotopic (exact) mass is 322 g/mol. The van der Waals surface area contributed by atoms with Crippen LogP contribution in [0.1, 0.15) is 30.7 Å². The maximum atomic E-state index is 11.4. The zero-order valence-corrected chi connectivity index (χ0v) is 12.4. The number of fused-ring (bicyclic) bond motifs is 1. The molecule has 0 spiro atoms. The lowest BCUT2D eigenvalue weighted by Crippen LogP contribution is -2.28. The third-order valence-corrected chi connectivity index (χ3v) is 5.17. The average molecular weight is 323 g/mol. The SMILES string of the molecule is CC1(C)CC1C(Br)c1ccc2[nH]c(=O)c(=O)[nH]c2c1. The van der Waals surface area contributed by atoms with Crippen LogP contribution in [-0.2, 0) is 0 Å². The van der Waals surface area contributed by atoms with Gasteiger partial charge in [-0.15, -0.1) is 0 Å². The van der Waals surface area contributed by atoms with E-state index in [1.54, 1.807) is 0 Å². The zero-order chi connectivity index (χ0) is 13.8. The number of halogens is 1. The molecule has 19 heavy (non-hydrogen) atoms. The molecule has 1 fully saturated rings. The number of aromatic amines is 2. The predicted octanol–water partition coefficient (Wildman–Crippen LogP) is 2.70. The van der Waals surface area contributed by atoms with Gasteiger partial charge in [-0.25, -0.2) is 0 Å². The molecule has 1 aromatic carbocycles. The summed E-state index contributed by atoms with van der Waals surface area (Å²) in [6.07, 6.45) is 1.20. The molecule has 1 aliphatic carbocycles. The highest BCUT2D eigenvalue weighted by atomic mass is 79.9. The summed E-state index contributed by atoms with van der Waals surface area (Å²) >= 11 is 3.74. The molecular formula is C14H15BrN2O2. The smallest absolute Gasteiger partial charge is 0.314 e. The van der Waals surface area contributed by atoms with Crippen LogP contribution in [0, 0.1) is 11.3 Å². The first kappa shape index (κ1) is 12.7. The topological polar surface area (TPSA) is 65.7 Å². The fourth-order valence-electron chi connectivity index (χ4n) is 2.54. The van der Waals surface area contributed by atoms with Crippen LogP contribution in [0.2, 0.25) is 0 Å². The van der Waals surface area contributed by atoms with Gasteiger partial charge in [0.05, 0.1) is 11.0 Å². The van der Waals surface area contributed by atoms with Crippen LogP contribution in [0.15, 0.2) is 27.8 Å². The number of hydrogen-bond donors (Lipinski definition) is 2. The van der Waals surface area contributed by atoms with E-state index in [2.05, 4.69) is 39.7 Å². The van der Waals surface area contributed by atoms with Gasteiger partial charge in [-0.3, -0.25) is 9.59 Å². The van der Waals surface area contributed by atoms with Crippen molar-refractivity contribution in [1.29, 1.82) is 0 Å². The second kappa shape index (κ2) is 4.07. The molecule has 3 rings (SSSR count). The van der Waals surface area contributed by atoms with Gasteiger partial charge in [-0.1, -0.05) is 35.8 Å². The largest absolute Gasteiger partial charge is 0.316 e. The molecule has 0 saturated heterocycles. The van der Waals surface area contributed by atoms with E-state index in [0.29, 0.717) is 22.4 Å². The third-order valence-electron chi connectivity index (χ3n) is 4.01. The standard InChI is InChI=1S/C14H15BrN2O2/c1-14(2)6-8(14)11(15)7-3-4-9-10(5-7)17-13(19)12(18)16-9/h3-5,8,11H,6H2,1-2H3,(H,16,18)(H,17,19). The maximum Gasteiger partial charge on any atom is 0.314 e. The Morgan fingerprint density at radius 1 is 1.21 bits per heavy atom. The summed E-state index contributed by atoms with van der Waals surface area (Å²) in [5.41, 5.74) is 1.61. The third kappa shape index (κ3) is 2.16. The molecule has 1 saturated carbocycles. The van der Waals surface area contributed by atoms with Crippen molar-refractivity contribution in [2.24, 2.45) is 11.3 Å². The number of nitrogens with one attached hydrogen (secondary N) is 2. The van der Waals surface area contributed by atoms with E-state index in [1.807, 2.05) is 18.2 Å². The molecule has 0 amide bonds. The molecule has 0 aliphatic heterocycles. The molecule has 2 N–H and O–H groups in total. The minimum atomic E-state index is -0.612. The predicted molar refractivity (Wildman–Crippen MR) is 78.7 cm³/mol. The van der Waals surface area contributed by atoms with Gasteiger partial charge in [0.25, 0.3) is 0 Å². The van der Waals surface area contributed by atoms with Crippen molar-refractivity contribution in [3.63, 3.8) is 0 Å². The van der Waals surface area contributed by atoms with Crippen LogP contribution in [0.25, 0.3) is 11.0 Å². The molecule has 0 radical (unpaired) electrons. The first-order chi connectivity index (χ1) is 8.88. The summed E-state index contributed by atoms with van der Waals surface area (Å²) in [5, 5.41) is 0. The Balaban J connectivity index is 2.05. The summed E-state index contributed by atoms with van der Waals surface area (Å²) < 4.78 is 0. The Bertz CT molecular complexity index is 760. The van der Waals surface area contributed by atoms with Gasteiger partial charge < -0.3 is 9.97 Å². The van der Waals surface area contributed by atoms with Crippen molar-refractivity contribution in [3.8, 4) is 0 Å². The molecule has 5 heteroatoms. The quantitative estimate of drug-likeness (QED) is 0.659. The number of hydrogen-bond acceptors (Lipinski definition) is 2. The van der Waals surface area contributed by atoms with Crippen LogP contribution < -0.4 is 11.1 Å². The van der Waals surface area contributed by atoms with Crippen molar-refractivity contribution >= 4 is 27.0 Å². The fourth-order valence-corrected chi connectivity index (χ4v) is 3.73. The van der Waals surface area contributed by atoms with Crippen molar-refractivity contribution in [1.82, 2.24) is 9.97 Å². The van der Waals surface area contributed by atoms with Crippen LogP contribution in [0.4, 0.5) is 0 Å². The van der Waals surface area contributed by atoms with E-state index in [-0.39, 0.29) is 4.83 Å². The summed E-state index contributed by atoms with van der Waals surface area (Å²) in [6, 6.07) is 5.76. The van der Waals surface area contributed by atoms with Crippen molar-refractivity contribution in [2.45, 2.75) is 25.1 Å². The normalized spacial score (nSPS) is 22.4. The van der Waals surface area contributed by atoms with Gasteiger partial charge in [-0.05, 0) is 35.4 Å². The lowest BCUT2D eigenvalue weighted by atomic mass is 10.0. The molecular weight excluding hydrogens is 308 g/mol. The number of alkyl halides is 1. The Hall–Kier alpha value is -1.36. The lowest BCUT2D eigenvalue weighted by molar-refractivity contribution is 0.555. The lowest BCUT2D eigenvalue weighted by Gasteiger charge is -2.12. The van der Waals surface area contributed by atoms with E-state index in [9.17, 15) is 9.59 Å². The molecule has 2 aromatic rings. The molecule has 4 nitrogen and oxygen atoms in total. The summed E-state index contributed by atoms with van der Waals surface area (Å²) in [7, 11) is 0. The molecule has 100 valence electrons. The van der Waals surface area contributed by atoms with Crippen LogP contribution >= 0.6 is 15.9 Å². The Kier molecular flexibility index (Phi) is 2.71. The van der Waals surface area contributed by atoms with Gasteiger partial charge in [0.1, 0.15) is 0 Å². The summed E-state index contributed by atoms with van der Waals surface area (Å²) in [4.78, 5) is 28.1. The molecule has 1 aromatic heterocycles. The number of rotatable bonds is 2. The molecule has 1 heterocycles. The van der Waals surface area contributed by atoms with E-state index in [1.165, 1.54) is 6.42 Å². The van der Waals surface area contributed by atoms with E-state index in [4.69, 9.17) is 0 Å². The highest BCUT2D eigenvalue weighted by Gasteiger charge is 2.49. The van der Waals surface area contributed by atoms with Crippen molar-refractivity contribution in [3.05, 3.63) is 44.5 Å². The second-order valence-corrected chi connectivity index (χ2v) is 6.90. The molecule has 2 unspecified atom stereocenters. The minimum absolute atomic E-state index is 0.280. The van der Waals surface area contributed by atoms with E-state index in [0.717, 1.165) is 5.56 Å². The van der Waals surface area contributed by atoms with Gasteiger partial charge in [0, 0.05) is 4.83 Å². The van der Waals surface area contributed by atoms with E-state index >= 15 is 0 Å². The Morgan fingerprint density at radius 3 is 2.37 bits per heavy atom. The number of H-pyrrole nitrogens is 2. The highest BCUT2D eigenvalue weighted by Crippen LogP contribution is 2.60. The van der Waals surface area contributed by atoms with Crippen molar-refractivity contribution < 1.29 is 0 Å². The second-order valence-electron chi connectivity index (χ2n) is 5.91. The molecule has 1 aliphatic rings. The molecule has 0 bridgehead atoms. The number of benzene rings is 1. The first-order valence-corrected chi connectivity index (χ1v) is 7.20. The Labute approximate surface area is 118 Å². The summed E-state index contributed by atoms with van der Waals surface area (Å²) in [5.74, 6) is 0.611. The fraction of sp³-hybridized carbons (Fsp3) is 0.429. The van der Waals surface area contributed by atoms with E-state index < -0.39 is 11.1 Å². The van der Waals surface area contributed by atoms with Gasteiger partial charge in [0.2, 0.25) is 0 Å². The zero-order valence-electron chi connectivity index (χ0n) is 10.8. The summed E-state index contributed by atoms with van der Waals surface area (Å²) in [6.45, 7) is 4.51. The minimum Gasteiger partial charge on any atom is -0.316 e. The van der Waals surface area contributed by atoms with Crippen LogP contribution in [0.5, 0.6) is 0 Å². The highest BCUT2D eigenvalue weighted by molar-refractivity contribution is 9.09. The first-order valence-electron chi connectivity index (χ1n) is 6.29. The maximum absolute atomic E-state index is 11.4. The Morgan fingerprint density at radius 2 is 1.79 bits per heavy atom. The van der Waals surface area contributed by atoms with Gasteiger partial charge in [-0.2, -0.15) is 0 Å². The van der Waals surface area contributed by atoms with Gasteiger partial charge >= 0.3 is 11.1 Å². The van der Waals surface area contributed by atoms with Crippen LogP contribution in [-0.4, -0.2) is 9.97 Å². The van der Waals surface area contributed by atoms with Crippen LogP contribution in [0.3, 0.4) is 0 Å². The molecule has 2 atom stereocenters. The average Bonchev–Trinajstić information content (AvgIpc) is 2.98. The number of aromatic nitrogens is 2. The van der Waals surface area contributed by atoms with Gasteiger partial charge in [0.15, 0.2) is 0 Å². The van der Waals surface area contributed by atoms with Crippen molar-refractivity contribution in [2.75, 3.05) is 0 Å².